The summed E-state index contributed by atoms with van der Waals surface area (Å²) in [6, 6.07) is 22.6. The van der Waals surface area contributed by atoms with E-state index in [1.807, 2.05) is 62.4 Å². The van der Waals surface area contributed by atoms with Gasteiger partial charge in [-0.2, -0.15) is 0 Å². The average molecular weight is 569 g/mol. The maximum absolute atomic E-state index is 13.7. The Morgan fingerprint density at radius 2 is 1.57 bits per heavy atom. The molecule has 0 spiro atoms. The third kappa shape index (κ3) is 6.86. The second-order valence-electron chi connectivity index (χ2n) is 10.5. The van der Waals surface area contributed by atoms with Crippen molar-refractivity contribution in [2.75, 3.05) is 31.2 Å². The van der Waals surface area contributed by atoms with Gasteiger partial charge in [0.2, 0.25) is 11.7 Å². The van der Waals surface area contributed by atoms with E-state index in [4.69, 9.17) is 9.15 Å². The first-order chi connectivity index (χ1) is 20.4. The Labute approximate surface area is 245 Å². The maximum Gasteiger partial charge on any atom is 0.266 e. The van der Waals surface area contributed by atoms with E-state index in [0.29, 0.717) is 42.7 Å². The summed E-state index contributed by atoms with van der Waals surface area (Å²) in [4.78, 5) is 46.8. The fourth-order valence-electron chi connectivity index (χ4n) is 5.14. The molecule has 1 saturated heterocycles. The number of carbonyl (C=O) groups excluding carboxylic acids is 3. The molecule has 1 aromatic heterocycles. The van der Waals surface area contributed by atoms with E-state index in [0.717, 1.165) is 24.3 Å². The number of hydrogen-bond acceptors (Lipinski definition) is 7. The second-order valence-corrected chi connectivity index (χ2v) is 10.5. The van der Waals surface area contributed by atoms with E-state index >= 15 is 0 Å². The summed E-state index contributed by atoms with van der Waals surface area (Å²) in [5, 5.41) is 5.78. The van der Waals surface area contributed by atoms with Crippen LogP contribution in [0.2, 0.25) is 0 Å². The lowest BCUT2D eigenvalue weighted by Gasteiger charge is -2.29. The standard InChI is InChI=1S/C33H36N4O5/c1-3-26(30(38)33-36-27-11-7-8-12-29(27)42-33)34-32(40)28(21-22(2)23-9-5-4-6-10-23)35-31(39)24-13-15-25(16-14-24)37-17-19-41-20-18-37/h4-16,22,26,28H,3,17-21H2,1-2H3,(H,34,40)(H,35,39)/t22-,26-,28+/m0/s1. The van der Waals surface area contributed by atoms with Crippen LogP contribution in [0.15, 0.2) is 83.3 Å². The Balaban J connectivity index is 1.32. The smallest absolute Gasteiger partial charge is 0.266 e. The molecule has 9 heteroatoms. The molecule has 0 aliphatic carbocycles. The third-order valence-electron chi connectivity index (χ3n) is 7.63. The first-order valence-electron chi connectivity index (χ1n) is 14.4. The highest BCUT2D eigenvalue weighted by molar-refractivity contribution is 6.02. The van der Waals surface area contributed by atoms with E-state index < -0.39 is 23.8 Å². The molecule has 1 aliphatic heterocycles. The highest BCUT2D eigenvalue weighted by Gasteiger charge is 2.30. The summed E-state index contributed by atoms with van der Waals surface area (Å²) >= 11 is 0. The number of nitrogens with one attached hydrogen (secondary N) is 2. The zero-order chi connectivity index (χ0) is 29.5. The molecule has 1 fully saturated rings. The number of ketones is 1. The van der Waals surface area contributed by atoms with Crippen molar-refractivity contribution < 1.29 is 23.5 Å². The SMILES string of the molecule is CC[C@H](NC(=O)[C@@H](C[C@H](C)c1ccccc1)NC(=O)c1ccc(N2CCOCC2)cc1)C(=O)c1nc2ccccc2o1. The predicted molar refractivity (Wildman–Crippen MR) is 161 cm³/mol. The van der Waals surface area contributed by atoms with Gasteiger partial charge in [0.25, 0.3) is 11.8 Å². The number of carbonyl (C=O) groups is 3. The molecule has 2 N–H and O–H groups in total. The predicted octanol–water partition coefficient (Wildman–Crippen LogP) is 4.73. The number of fused-ring (bicyclic) bond motifs is 1. The van der Waals surface area contributed by atoms with Crippen molar-refractivity contribution in [3.63, 3.8) is 0 Å². The summed E-state index contributed by atoms with van der Waals surface area (Å²) in [6.45, 7) is 6.76. The van der Waals surface area contributed by atoms with Gasteiger partial charge in [0.1, 0.15) is 11.6 Å². The van der Waals surface area contributed by atoms with Crippen LogP contribution in [0, 0.1) is 0 Å². The number of Topliss-reactive ketones (excluding diaryl/α,β-unsaturated/α-hetero) is 1. The number of amides is 2. The minimum atomic E-state index is -0.878. The molecule has 42 heavy (non-hydrogen) atoms. The van der Waals surface area contributed by atoms with Crippen molar-refractivity contribution in [1.82, 2.24) is 15.6 Å². The van der Waals surface area contributed by atoms with Crippen molar-refractivity contribution in [2.24, 2.45) is 0 Å². The molecular weight excluding hydrogens is 532 g/mol. The summed E-state index contributed by atoms with van der Waals surface area (Å²) in [6.07, 6.45) is 0.683. The number of anilines is 1. The largest absolute Gasteiger partial charge is 0.434 e. The number of ether oxygens (including phenoxy) is 1. The van der Waals surface area contributed by atoms with Crippen LogP contribution in [0.1, 0.15) is 59.2 Å². The van der Waals surface area contributed by atoms with Crippen molar-refractivity contribution in [3.8, 4) is 0 Å². The van der Waals surface area contributed by atoms with Gasteiger partial charge in [0, 0.05) is 24.3 Å². The summed E-state index contributed by atoms with van der Waals surface area (Å²) < 4.78 is 11.1. The molecule has 1 aliphatic rings. The number of nitrogens with zero attached hydrogens (tertiary/aromatic N) is 2. The first-order valence-corrected chi connectivity index (χ1v) is 14.4. The minimum absolute atomic E-state index is 0.0289. The first kappa shape index (κ1) is 29.0. The number of hydrogen-bond donors (Lipinski definition) is 2. The van der Waals surface area contributed by atoms with Gasteiger partial charge in [-0.15, -0.1) is 0 Å². The van der Waals surface area contributed by atoms with Crippen LogP contribution in [0.5, 0.6) is 0 Å². The number of para-hydroxylation sites is 2. The van der Waals surface area contributed by atoms with Gasteiger partial charge in [0.15, 0.2) is 5.58 Å². The lowest BCUT2D eigenvalue weighted by Crippen LogP contribution is -2.52. The maximum atomic E-state index is 13.7. The van der Waals surface area contributed by atoms with Crippen LogP contribution in [0.3, 0.4) is 0 Å². The van der Waals surface area contributed by atoms with Gasteiger partial charge >= 0.3 is 0 Å². The van der Waals surface area contributed by atoms with Crippen molar-refractivity contribution in [1.29, 1.82) is 0 Å². The van der Waals surface area contributed by atoms with E-state index in [2.05, 4.69) is 20.5 Å². The Morgan fingerprint density at radius 3 is 2.26 bits per heavy atom. The molecule has 9 nitrogen and oxygen atoms in total. The fraction of sp³-hybridized carbons (Fsp3) is 0.333. The molecule has 2 amide bonds. The van der Waals surface area contributed by atoms with E-state index in [1.54, 1.807) is 30.3 Å². The van der Waals surface area contributed by atoms with Gasteiger partial charge in [-0.3, -0.25) is 14.4 Å². The number of aromatic nitrogens is 1. The van der Waals surface area contributed by atoms with Crippen LogP contribution in [0.25, 0.3) is 11.1 Å². The zero-order valence-electron chi connectivity index (χ0n) is 23.9. The quantitative estimate of drug-likeness (QED) is 0.251. The lowest BCUT2D eigenvalue weighted by atomic mass is 9.93. The number of oxazole rings is 1. The molecule has 3 aromatic carbocycles. The van der Waals surface area contributed by atoms with Crippen LogP contribution in [0.4, 0.5) is 5.69 Å². The highest BCUT2D eigenvalue weighted by atomic mass is 16.5. The van der Waals surface area contributed by atoms with Gasteiger partial charge < -0.3 is 24.7 Å². The molecule has 0 bridgehead atoms. The molecule has 218 valence electrons. The normalized spacial score (nSPS) is 15.5. The Hall–Kier alpha value is -4.50. The van der Waals surface area contributed by atoms with Crippen LogP contribution >= 0.6 is 0 Å². The Bertz CT molecular complexity index is 1480. The van der Waals surface area contributed by atoms with Crippen molar-refractivity contribution in [3.05, 3.63) is 95.9 Å². The van der Waals surface area contributed by atoms with Crippen molar-refractivity contribution >= 4 is 34.4 Å². The fourth-order valence-corrected chi connectivity index (χ4v) is 5.14. The molecular formula is C33H36N4O5. The third-order valence-corrected chi connectivity index (χ3v) is 7.63. The number of rotatable bonds is 11. The monoisotopic (exact) mass is 568 g/mol. The zero-order valence-corrected chi connectivity index (χ0v) is 23.9. The summed E-state index contributed by atoms with van der Waals surface area (Å²) in [5.74, 6) is -1.29. The topological polar surface area (TPSA) is 114 Å². The van der Waals surface area contributed by atoms with Gasteiger partial charge in [-0.1, -0.05) is 56.3 Å². The second kappa shape index (κ2) is 13.4. The average Bonchev–Trinajstić information content (AvgIpc) is 3.48. The molecule has 5 rings (SSSR count). The molecule has 0 unspecified atom stereocenters. The Morgan fingerprint density at radius 1 is 0.881 bits per heavy atom. The van der Waals surface area contributed by atoms with Crippen LogP contribution in [-0.2, 0) is 9.53 Å². The molecule has 0 radical (unpaired) electrons. The van der Waals surface area contributed by atoms with Crippen LogP contribution < -0.4 is 15.5 Å². The van der Waals surface area contributed by atoms with E-state index in [-0.39, 0.29) is 17.7 Å². The number of benzene rings is 3. The highest BCUT2D eigenvalue weighted by Crippen LogP contribution is 2.22. The van der Waals surface area contributed by atoms with Gasteiger partial charge in [-0.25, -0.2) is 4.98 Å². The molecule has 2 heterocycles. The van der Waals surface area contributed by atoms with E-state index in [9.17, 15) is 14.4 Å². The van der Waals surface area contributed by atoms with Crippen molar-refractivity contribution in [2.45, 2.75) is 44.7 Å². The summed E-state index contributed by atoms with van der Waals surface area (Å²) in [5.41, 5.74) is 3.60. The molecule has 3 atom stereocenters. The van der Waals surface area contributed by atoms with Gasteiger partial charge in [0.05, 0.1) is 19.3 Å². The molecule has 4 aromatic rings. The van der Waals surface area contributed by atoms with Crippen LogP contribution in [-0.4, -0.2) is 61.0 Å². The van der Waals surface area contributed by atoms with E-state index in [1.165, 1.54) is 0 Å². The Kier molecular flexibility index (Phi) is 9.28. The summed E-state index contributed by atoms with van der Waals surface area (Å²) in [7, 11) is 0. The number of morpholine rings is 1. The van der Waals surface area contributed by atoms with Gasteiger partial charge in [-0.05, 0) is 60.7 Å². The lowest BCUT2D eigenvalue weighted by molar-refractivity contribution is -0.123. The molecule has 0 saturated carbocycles. The minimum Gasteiger partial charge on any atom is -0.434 e.